The van der Waals surface area contributed by atoms with E-state index in [1.165, 1.54) is 12.8 Å². The van der Waals surface area contributed by atoms with Gasteiger partial charge in [0.2, 0.25) is 5.91 Å². The van der Waals surface area contributed by atoms with Crippen LogP contribution in [-0.4, -0.2) is 38.8 Å². The normalized spacial score (nSPS) is 18.2. The lowest BCUT2D eigenvalue weighted by Gasteiger charge is -2.27. The molecule has 1 atom stereocenters. The highest BCUT2D eigenvalue weighted by molar-refractivity contribution is 5.76. The first-order chi connectivity index (χ1) is 9.59. The summed E-state index contributed by atoms with van der Waals surface area (Å²) in [6.07, 6.45) is 3.98. The maximum Gasteiger partial charge on any atom is 0.220 e. The fourth-order valence-corrected chi connectivity index (χ4v) is 2.67. The lowest BCUT2D eigenvalue weighted by Crippen LogP contribution is -2.33. The molecule has 0 aliphatic carbocycles. The molecule has 0 radical (unpaired) electrons. The monoisotopic (exact) mass is 284 g/mol. The highest BCUT2D eigenvalue weighted by Crippen LogP contribution is 2.23. The van der Waals surface area contributed by atoms with E-state index in [2.05, 4.69) is 31.4 Å². The van der Waals surface area contributed by atoms with E-state index in [1.807, 2.05) is 0 Å². The minimum atomic E-state index is 0.194. The summed E-state index contributed by atoms with van der Waals surface area (Å²) in [5.41, 5.74) is 0. The average molecular weight is 284 g/mol. The Balaban J connectivity index is 2.01. The Kier molecular flexibility index (Phi) is 8.86. The zero-order valence-corrected chi connectivity index (χ0v) is 13.4. The summed E-state index contributed by atoms with van der Waals surface area (Å²) < 4.78 is 5.49. The SMILES string of the molecule is CC(C)COCCCNC(=O)CC(C)C1CCNCC1. The molecule has 1 unspecified atom stereocenters. The fourth-order valence-electron chi connectivity index (χ4n) is 2.67. The van der Waals surface area contributed by atoms with Crippen LogP contribution in [-0.2, 0) is 9.53 Å². The molecule has 0 aromatic carbocycles. The topological polar surface area (TPSA) is 50.4 Å². The molecule has 0 spiro atoms. The lowest BCUT2D eigenvalue weighted by molar-refractivity contribution is -0.122. The molecule has 4 nitrogen and oxygen atoms in total. The van der Waals surface area contributed by atoms with Gasteiger partial charge in [-0.1, -0.05) is 20.8 Å². The number of amides is 1. The van der Waals surface area contributed by atoms with Crippen LogP contribution in [0.3, 0.4) is 0 Å². The van der Waals surface area contributed by atoms with Gasteiger partial charge in [-0.05, 0) is 50.1 Å². The second-order valence-corrected chi connectivity index (χ2v) is 6.44. The minimum absolute atomic E-state index is 0.194. The minimum Gasteiger partial charge on any atom is -0.381 e. The van der Waals surface area contributed by atoms with Gasteiger partial charge in [-0.3, -0.25) is 4.79 Å². The predicted octanol–water partition coefficient (Wildman–Crippen LogP) is 2.19. The number of piperidine rings is 1. The van der Waals surface area contributed by atoms with Crippen LogP contribution >= 0.6 is 0 Å². The van der Waals surface area contributed by atoms with Crippen molar-refractivity contribution in [2.45, 2.75) is 46.5 Å². The first kappa shape index (κ1) is 17.4. The van der Waals surface area contributed by atoms with Gasteiger partial charge < -0.3 is 15.4 Å². The van der Waals surface area contributed by atoms with E-state index in [9.17, 15) is 4.79 Å². The molecular formula is C16H32N2O2. The van der Waals surface area contributed by atoms with E-state index in [1.54, 1.807) is 0 Å². The van der Waals surface area contributed by atoms with Crippen LogP contribution in [0.4, 0.5) is 0 Å². The van der Waals surface area contributed by atoms with Gasteiger partial charge in [0.05, 0.1) is 0 Å². The molecule has 1 fully saturated rings. The van der Waals surface area contributed by atoms with Gasteiger partial charge >= 0.3 is 0 Å². The van der Waals surface area contributed by atoms with Crippen LogP contribution in [0.2, 0.25) is 0 Å². The van der Waals surface area contributed by atoms with Gasteiger partial charge in [-0.2, -0.15) is 0 Å². The smallest absolute Gasteiger partial charge is 0.220 e. The Morgan fingerprint density at radius 1 is 1.30 bits per heavy atom. The van der Waals surface area contributed by atoms with Crippen molar-refractivity contribution >= 4 is 5.91 Å². The third-order valence-electron chi connectivity index (χ3n) is 3.93. The van der Waals surface area contributed by atoms with E-state index >= 15 is 0 Å². The van der Waals surface area contributed by atoms with E-state index in [0.29, 0.717) is 24.2 Å². The molecule has 0 bridgehead atoms. The lowest BCUT2D eigenvalue weighted by atomic mass is 9.84. The molecule has 1 heterocycles. The number of nitrogens with one attached hydrogen (secondary N) is 2. The van der Waals surface area contributed by atoms with Crippen LogP contribution in [0.1, 0.15) is 46.5 Å². The zero-order valence-electron chi connectivity index (χ0n) is 13.4. The van der Waals surface area contributed by atoms with Crippen LogP contribution in [0.15, 0.2) is 0 Å². The number of carbonyl (C=O) groups is 1. The quantitative estimate of drug-likeness (QED) is 0.638. The van der Waals surface area contributed by atoms with E-state index < -0.39 is 0 Å². The van der Waals surface area contributed by atoms with Gasteiger partial charge in [0.15, 0.2) is 0 Å². The molecule has 1 aliphatic rings. The standard InChI is InChI=1S/C16H32N2O2/c1-13(2)12-20-10-4-7-18-16(19)11-14(3)15-5-8-17-9-6-15/h13-15,17H,4-12H2,1-3H3,(H,18,19). The molecule has 0 aromatic rings. The maximum atomic E-state index is 11.9. The first-order valence-electron chi connectivity index (χ1n) is 8.14. The molecule has 1 saturated heterocycles. The van der Waals surface area contributed by atoms with Gasteiger partial charge in [-0.15, -0.1) is 0 Å². The molecule has 1 amide bonds. The highest BCUT2D eigenvalue weighted by Gasteiger charge is 2.21. The van der Waals surface area contributed by atoms with Crippen LogP contribution < -0.4 is 10.6 Å². The average Bonchev–Trinajstić information content (AvgIpc) is 2.43. The van der Waals surface area contributed by atoms with Crippen molar-refractivity contribution in [3.05, 3.63) is 0 Å². The molecule has 1 aliphatic heterocycles. The van der Waals surface area contributed by atoms with Crippen molar-refractivity contribution in [3.63, 3.8) is 0 Å². The number of hydrogen-bond donors (Lipinski definition) is 2. The summed E-state index contributed by atoms with van der Waals surface area (Å²) in [4.78, 5) is 11.9. The largest absolute Gasteiger partial charge is 0.381 e. The fraction of sp³-hybridized carbons (Fsp3) is 0.938. The Labute approximate surface area is 124 Å². The number of rotatable bonds is 9. The summed E-state index contributed by atoms with van der Waals surface area (Å²) in [6, 6.07) is 0. The molecule has 118 valence electrons. The van der Waals surface area contributed by atoms with Crippen molar-refractivity contribution in [1.82, 2.24) is 10.6 Å². The van der Waals surface area contributed by atoms with Crippen LogP contribution in [0.25, 0.3) is 0 Å². The van der Waals surface area contributed by atoms with Crippen molar-refractivity contribution in [2.24, 2.45) is 17.8 Å². The third-order valence-corrected chi connectivity index (χ3v) is 3.93. The second kappa shape index (κ2) is 10.2. The number of carbonyl (C=O) groups excluding carboxylic acids is 1. The molecule has 0 aromatic heterocycles. The Morgan fingerprint density at radius 3 is 2.65 bits per heavy atom. The summed E-state index contributed by atoms with van der Waals surface area (Å²) in [7, 11) is 0. The van der Waals surface area contributed by atoms with E-state index in [0.717, 1.165) is 39.3 Å². The zero-order chi connectivity index (χ0) is 14.8. The van der Waals surface area contributed by atoms with E-state index in [-0.39, 0.29) is 5.91 Å². The molecular weight excluding hydrogens is 252 g/mol. The molecule has 1 rings (SSSR count). The second-order valence-electron chi connectivity index (χ2n) is 6.44. The summed E-state index contributed by atoms with van der Waals surface area (Å²) >= 11 is 0. The van der Waals surface area contributed by atoms with Crippen molar-refractivity contribution < 1.29 is 9.53 Å². The Bertz CT molecular complexity index is 263. The van der Waals surface area contributed by atoms with Gasteiger partial charge in [0.1, 0.15) is 0 Å². The van der Waals surface area contributed by atoms with Crippen molar-refractivity contribution in [2.75, 3.05) is 32.8 Å². The molecule has 4 heteroatoms. The summed E-state index contributed by atoms with van der Waals surface area (Å²) in [5, 5.41) is 6.38. The first-order valence-corrected chi connectivity index (χ1v) is 8.14. The van der Waals surface area contributed by atoms with E-state index in [4.69, 9.17) is 4.74 Å². The van der Waals surface area contributed by atoms with Crippen LogP contribution in [0, 0.1) is 17.8 Å². The van der Waals surface area contributed by atoms with Crippen molar-refractivity contribution in [3.8, 4) is 0 Å². The van der Waals surface area contributed by atoms with Gasteiger partial charge in [-0.25, -0.2) is 0 Å². The van der Waals surface area contributed by atoms with Crippen LogP contribution in [0.5, 0.6) is 0 Å². The third kappa shape index (κ3) is 7.85. The summed E-state index contributed by atoms with van der Waals surface area (Å²) in [6.45, 7) is 11.0. The number of ether oxygens (including phenoxy) is 1. The summed E-state index contributed by atoms with van der Waals surface area (Å²) in [5.74, 6) is 1.97. The molecule has 20 heavy (non-hydrogen) atoms. The molecule has 2 N–H and O–H groups in total. The highest BCUT2D eigenvalue weighted by atomic mass is 16.5. The Morgan fingerprint density at radius 2 is 2.00 bits per heavy atom. The maximum absolute atomic E-state index is 11.9. The van der Waals surface area contributed by atoms with Gasteiger partial charge in [0, 0.05) is 26.2 Å². The van der Waals surface area contributed by atoms with Crippen molar-refractivity contribution in [1.29, 1.82) is 0 Å². The Hall–Kier alpha value is -0.610. The van der Waals surface area contributed by atoms with Gasteiger partial charge in [0.25, 0.3) is 0 Å². The molecule has 0 saturated carbocycles. The number of hydrogen-bond acceptors (Lipinski definition) is 3. The predicted molar refractivity (Wildman–Crippen MR) is 82.7 cm³/mol.